The number of rotatable bonds is 2. The van der Waals surface area contributed by atoms with E-state index in [4.69, 9.17) is 4.74 Å². The molecule has 3 rings (SSSR count). The van der Waals surface area contributed by atoms with Gasteiger partial charge in [0.25, 0.3) is 0 Å². The fourth-order valence-corrected chi connectivity index (χ4v) is 4.02. The molecule has 2 aromatic rings. The first-order chi connectivity index (χ1) is 9.76. The van der Waals surface area contributed by atoms with Crippen LogP contribution in [0, 0.1) is 0 Å². The summed E-state index contributed by atoms with van der Waals surface area (Å²) >= 11 is 0. The summed E-state index contributed by atoms with van der Waals surface area (Å²) in [6.07, 6.45) is 0. The number of amides is 1. The highest BCUT2D eigenvalue weighted by atomic mass is 32.2. The SMILES string of the molecule is COc1ccc(/C=S2/CC(=O)Nc3ccccc32)cc1. The van der Waals surface area contributed by atoms with Crippen LogP contribution in [0.4, 0.5) is 5.69 Å². The van der Waals surface area contributed by atoms with Crippen molar-refractivity contribution in [1.82, 2.24) is 0 Å². The van der Waals surface area contributed by atoms with Crippen LogP contribution in [-0.2, 0) is 4.79 Å². The molecule has 3 nitrogen and oxygen atoms in total. The zero-order valence-electron chi connectivity index (χ0n) is 11.1. The molecule has 2 aromatic carbocycles. The molecule has 1 unspecified atom stereocenters. The first-order valence-electron chi connectivity index (χ1n) is 6.34. The number of carbonyl (C=O) groups is 1. The summed E-state index contributed by atoms with van der Waals surface area (Å²) in [6, 6.07) is 15.9. The third-order valence-corrected chi connectivity index (χ3v) is 5.18. The van der Waals surface area contributed by atoms with Crippen molar-refractivity contribution in [1.29, 1.82) is 0 Å². The molecular weight excluding hydrogens is 270 g/mol. The van der Waals surface area contributed by atoms with E-state index >= 15 is 0 Å². The summed E-state index contributed by atoms with van der Waals surface area (Å²) in [4.78, 5) is 13.0. The molecule has 0 saturated carbocycles. The molecule has 0 spiro atoms. The predicted octanol–water partition coefficient (Wildman–Crippen LogP) is 3.13. The van der Waals surface area contributed by atoms with Crippen LogP contribution in [0.15, 0.2) is 53.4 Å². The van der Waals surface area contributed by atoms with Gasteiger partial charge in [-0.05, 0) is 35.2 Å². The summed E-state index contributed by atoms with van der Waals surface area (Å²) in [5.74, 6) is 1.44. The van der Waals surface area contributed by atoms with Crippen LogP contribution in [0.25, 0.3) is 0 Å². The number of para-hydroxylation sites is 1. The average molecular weight is 285 g/mol. The highest BCUT2D eigenvalue weighted by Crippen LogP contribution is 2.37. The van der Waals surface area contributed by atoms with Crippen LogP contribution in [0.2, 0.25) is 0 Å². The van der Waals surface area contributed by atoms with Gasteiger partial charge in [0.1, 0.15) is 5.75 Å². The topological polar surface area (TPSA) is 38.3 Å². The minimum atomic E-state index is -0.187. The van der Waals surface area contributed by atoms with Crippen molar-refractivity contribution in [2.75, 3.05) is 18.2 Å². The van der Waals surface area contributed by atoms with E-state index in [1.807, 2.05) is 42.5 Å². The summed E-state index contributed by atoms with van der Waals surface area (Å²) in [6.45, 7) is 0. The van der Waals surface area contributed by atoms with E-state index in [0.29, 0.717) is 5.75 Å². The van der Waals surface area contributed by atoms with Gasteiger partial charge >= 0.3 is 0 Å². The maximum atomic E-state index is 11.8. The van der Waals surface area contributed by atoms with Gasteiger partial charge in [-0.2, -0.15) is 0 Å². The summed E-state index contributed by atoms with van der Waals surface area (Å²) in [5.41, 5.74) is 2.04. The molecule has 0 radical (unpaired) electrons. The van der Waals surface area contributed by atoms with Crippen molar-refractivity contribution in [3.8, 4) is 5.75 Å². The second kappa shape index (κ2) is 5.51. The maximum absolute atomic E-state index is 11.8. The molecule has 102 valence electrons. The molecule has 0 bridgehead atoms. The second-order valence-corrected chi connectivity index (χ2v) is 6.33. The van der Waals surface area contributed by atoms with Crippen LogP contribution >= 0.6 is 10.5 Å². The molecule has 20 heavy (non-hydrogen) atoms. The zero-order chi connectivity index (χ0) is 13.9. The van der Waals surface area contributed by atoms with Gasteiger partial charge in [-0.15, -0.1) is 10.5 Å². The number of hydrogen-bond acceptors (Lipinski definition) is 2. The Hall–Kier alpha value is -2.07. The second-order valence-electron chi connectivity index (χ2n) is 4.51. The van der Waals surface area contributed by atoms with Gasteiger partial charge in [0.15, 0.2) is 0 Å². The van der Waals surface area contributed by atoms with Gasteiger partial charge in [0, 0.05) is 4.90 Å². The number of carbonyl (C=O) groups excluding carboxylic acids is 1. The maximum Gasteiger partial charge on any atom is 0.234 e. The molecular formula is C16H15NO2S. The lowest BCUT2D eigenvalue weighted by atomic mass is 10.2. The third-order valence-electron chi connectivity index (χ3n) is 3.12. The lowest BCUT2D eigenvalue weighted by molar-refractivity contribution is -0.113. The Bertz CT molecular complexity index is 677. The fraction of sp³-hybridized carbons (Fsp3) is 0.125. The number of hydrogen-bond donors (Lipinski definition) is 1. The number of fused-ring (bicyclic) bond motifs is 1. The summed E-state index contributed by atoms with van der Waals surface area (Å²) in [5, 5.41) is 5.09. The predicted molar refractivity (Wildman–Crippen MR) is 84.0 cm³/mol. The Kier molecular flexibility index (Phi) is 3.56. The molecule has 1 aliphatic rings. The number of nitrogens with one attached hydrogen (secondary N) is 1. The number of anilines is 1. The normalized spacial score (nSPS) is 17.4. The van der Waals surface area contributed by atoms with E-state index in [1.165, 1.54) is 4.90 Å². The molecule has 4 heteroatoms. The molecule has 0 saturated heterocycles. The van der Waals surface area contributed by atoms with E-state index in [-0.39, 0.29) is 16.4 Å². The number of ether oxygens (including phenoxy) is 1. The van der Waals surface area contributed by atoms with E-state index in [9.17, 15) is 4.79 Å². The number of methoxy groups -OCH3 is 1. The van der Waals surface area contributed by atoms with E-state index in [0.717, 1.165) is 17.0 Å². The molecule has 1 N–H and O–H groups in total. The summed E-state index contributed by atoms with van der Waals surface area (Å²) in [7, 11) is 1.47. The number of benzene rings is 2. The standard InChI is InChI=1S/C16H15NO2S/c1-19-13-8-6-12(7-9-13)10-20-11-16(18)17-14-4-2-3-5-15(14)20/h2-10H,11H2,1H3,(H,17,18). The van der Waals surface area contributed by atoms with Gasteiger partial charge in [-0.25, -0.2) is 0 Å². The van der Waals surface area contributed by atoms with Crippen molar-refractivity contribution in [3.05, 3.63) is 54.1 Å². The largest absolute Gasteiger partial charge is 0.497 e. The van der Waals surface area contributed by atoms with Crippen LogP contribution in [-0.4, -0.2) is 24.1 Å². The van der Waals surface area contributed by atoms with Crippen molar-refractivity contribution in [2.24, 2.45) is 0 Å². The van der Waals surface area contributed by atoms with Crippen molar-refractivity contribution >= 4 is 27.4 Å². The van der Waals surface area contributed by atoms with Crippen LogP contribution < -0.4 is 10.1 Å². The van der Waals surface area contributed by atoms with Crippen molar-refractivity contribution in [3.63, 3.8) is 0 Å². The first-order valence-corrected chi connectivity index (χ1v) is 7.79. The van der Waals surface area contributed by atoms with Crippen LogP contribution in [0.1, 0.15) is 5.56 Å². The first kappa shape index (κ1) is 12.9. The van der Waals surface area contributed by atoms with Crippen molar-refractivity contribution < 1.29 is 9.53 Å². The van der Waals surface area contributed by atoms with Gasteiger partial charge < -0.3 is 10.1 Å². The molecule has 1 atom stereocenters. The van der Waals surface area contributed by atoms with E-state index in [1.54, 1.807) is 7.11 Å². The quantitative estimate of drug-likeness (QED) is 0.861. The monoisotopic (exact) mass is 285 g/mol. The van der Waals surface area contributed by atoms with Crippen LogP contribution in [0.3, 0.4) is 0 Å². The highest BCUT2D eigenvalue weighted by molar-refractivity contribution is 8.16. The Balaban J connectivity index is 2.00. The molecule has 1 heterocycles. The average Bonchev–Trinajstić information content (AvgIpc) is 2.48. The minimum absolute atomic E-state index is 0.0804. The van der Waals surface area contributed by atoms with Gasteiger partial charge in [0.05, 0.1) is 18.6 Å². The van der Waals surface area contributed by atoms with Crippen molar-refractivity contribution in [2.45, 2.75) is 4.90 Å². The lowest BCUT2D eigenvalue weighted by Gasteiger charge is -2.20. The third kappa shape index (κ3) is 2.60. The smallest absolute Gasteiger partial charge is 0.234 e. The molecule has 1 amide bonds. The van der Waals surface area contributed by atoms with Gasteiger partial charge in [-0.3, -0.25) is 4.79 Å². The lowest BCUT2D eigenvalue weighted by Crippen LogP contribution is -2.20. The Morgan fingerprint density at radius 1 is 1.15 bits per heavy atom. The molecule has 0 aliphatic carbocycles. The van der Waals surface area contributed by atoms with E-state index in [2.05, 4.69) is 16.8 Å². The Morgan fingerprint density at radius 3 is 2.65 bits per heavy atom. The van der Waals surface area contributed by atoms with Crippen LogP contribution in [0.5, 0.6) is 5.75 Å². The Morgan fingerprint density at radius 2 is 1.90 bits per heavy atom. The molecule has 0 aromatic heterocycles. The summed E-state index contributed by atoms with van der Waals surface area (Å²) < 4.78 is 5.16. The zero-order valence-corrected chi connectivity index (χ0v) is 11.9. The van der Waals surface area contributed by atoms with Gasteiger partial charge in [0.2, 0.25) is 5.91 Å². The molecule has 1 aliphatic heterocycles. The highest BCUT2D eigenvalue weighted by Gasteiger charge is 2.17. The Labute approximate surface area is 120 Å². The minimum Gasteiger partial charge on any atom is -0.497 e. The van der Waals surface area contributed by atoms with Gasteiger partial charge in [-0.1, -0.05) is 24.3 Å². The van der Waals surface area contributed by atoms with E-state index < -0.39 is 0 Å². The fourth-order valence-electron chi connectivity index (χ4n) is 2.16. The molecule has 0 fully saturated rings.